The third kappa shape index (κ3) is 5.41. The highest BCUT2D eigenvalue weighted by atomic mass is 28.4. The Hall–Kier alpha value is -1.21. The van der Waals surface area contributed by atoms with Crippen LogP contribution in [0.1, 0.15) is 52.5 Å². The van der Waals surface area contributed by atoms with Crippen LogP contribution in [0.25, 0.3) is 0 Å². The van der Waals surface area contributed by atoms with Crippen LogP contribution in [0.2, 0.25) is 0 Å². The van der Waals surface area contributed by atoms with E-state index in [1.54, 1.807) is 0 Å². The van der Waals surface area contributed by atoms with Crippen LogP contribution in [-0.2, 0) is 22.8 Å². The highest BCUT2D eigenvalue weighted by molar-refractivity contribution is 6.62. The Labute approximate surface area is 146 Å². The normalized spacial score (nSPS) is 14.2. The number of ether oxygens (including phenoxy) is 1. The molecule has 0 radical (unpaired) electrons. The summed E-state index contributed by atoms with van der Waals surface area (Å²) in [5.74, 6) is -0.638. The summed E-state index contributed by atoms with van der Waals surface area (Å²) in [6.07, 6.45) is 0.583. The zero-order chi connectivity index (χ0) is 18.0. The second-order valence-electron chi connectivity index (χ2n) is 5.37. The number of hydrogen-bond donors (Lipinski definition) is 0. The van der Waals surface area contributed by atoms with Crippen LogP contribution in [-0.4, -0.2) is 40.3 Å². The van der Waals surface area contributed by atoms with Crippen LogP contribution in [0.4, 0.5) is 0 Å². The third-order valence-electron chi connectivity index (χ3n) is 3.71. The lowest BCUT2D eigenvalue weighted by Gasteiger charge is -2.34. The fourth-order valence-corrected chi connectivity index (χ4v) is 5.31. The maximum absolute atomic E-state index is 12.6. The minimum atomic E-state index is -3.08. The first-order valence-corrected chi connectivity index (χ1v) is 10.5. The lowest BCUT2D eigenvalue weighted by molar-refractivity contribution is -0.150. The summed E-state index contributed by atoms with van der Waals surface area (Å²) in [4.78, 5) is 12.6. The summed E-state index contributed by atoms with van der Waals surface area (Å²) in [5, 5.41) is 0. The molecule has 2 atom stereocenters. The van der Waals surface area contributed by atoms with E-state index in [0.29, 0.717) is 26.2 Å². The number of benzene rings is 1. The first-order valence-electron chi connectivity index (χ1n) is 8.71. The summed E-state index contributed by atoms with van der Waals surface area (Å²) in [6.45, 7) is 10.8. The van der Waals surface area contributed by atoms with Crippen molar-refractivity contribution in [2.24, 2.45) is 0 Å². The molecule has 0 aliphatic rings. The minimum absolute atomic E-state index is 0.288. The van der Waals surface area contributed by atoms with Crippen molar-refractivity contribution in [3.05, 3.63) is 35.9 Å². The molecule has 0 aliphatic heterocycles. The first kappa shape index (κ1) is 20.8. The molecule has 1 rings (SSSR count). The van der Waals surface area contributed by atoms with Crippen molar-refractivity contribution in [3.63, 3.8) is 0 Å². The Morgan fingerprint density at radius 3 is 1.88 bits per heavy atom. The zero-order valence-corrected chi connectivity index (χ0v) is 16.4. The fraction of sp³-hybridized carbons (Fsp3) is 0.611. The van der Waals surface area contributed by atoms with Gasteiger partial charge in [0.2, 0.25) is 0 Å². The molecule has 0 saturated carbocycles. The van der Waals surface area contributed by atoms with Gasteiger partial charge in [-0.1, -0.05) is 37.3 Å². The largest absolute Gasteiger partial charge is 0.544 e. The summed E-state index contributed by atoms with van der Waals surface area (Å²) in [6, 6.07) is 9.59. The molecular formula is C18H30O5Si. The number of carbonyl (C=O) groups excluding carboxylic acids is 1. The van der Waals surface area contributed by atoms with E-state index in [1.165, 1.54) is 0 Å². The van der Waals surface area contributed by atoms with Gasteiger partial charge < -0.3 is 18.0 Å². The number of esters is 1. The Bertz CT molecular complexity index is 463. The summed E-state index contributed by atoms with van der Waals surface area (Å²) in [7, 11) is -3.08. The lowest BCUT2D eigenvalue weighted by Crippen LogP contribution is -2.58. The van der Waals surface area contributed by atoms with Gasteiger partial charge in [0.25, 0.3) is 0 Å². The van der Waals surface area contributed by atoms with Crippen molar-refractivity contribution < 1.29 is 22.8 Å². The number of rotatable bonds is 11. The van der Waals surface area contributed by atoms with Gasteiger partial charge in [-0.2, -0.15) is 0 Å². The van der Waals surface area contributed by atoms with Gasteiger partial charge in [-0.05, 0) is 39.7 Å². The van der Waals surface area contributed by atoms with Crippen LogP contribution in [0, 0.1) is 0 Å². The Morgan fingerprint density at radius 2 is 1.46 bits per heavy atom. The van der Waals surface area contributed by atoms with Crippen LogP contribution < -0.4 is 0 Å². The van der Waals surface area contributed by atoms with E-state index < -0.39 is 14.5 Å². The molecule has 5 nitrogen and oxygen atoms in total. The predicted molar refractivity (Wildman–Crippen MR) is 95.7 cm³/mol. The monoisotopic (exact) mass is 354 g/mol. The van der Waals surface area contributed by atoms with E-state index in [-0.39, 0.29) is 11.9 Å². The van der Waals surface area contributed by atoms with E-state index in [0.717, 1.165) is 5.56 Å². The Kier molecular flexibility index (Phi) is 9.21. The van der Waals surface area contributed by atoms with Gasteiger partial charge in [-0.3, -0.25) is 4.79 Å². The topological polar surface area (TPSA) is 54.0 Å². The molecule has 0 amide bonds. The molecule has 0 heterocycles. The van der Waals surface area contributed by atoms with Gasteiger partial charge in [0.05, 0.1) is 5.92 Å². The van der Waals surface area contributed by atoms with Gasteiger partial charge in [0.1, 0.15) is 0 Å². The highest BCUT2D eigenvalue weighted by Crippen LogP contribution is 2.24. The van der Waals surface area contributed by atoms with Crippen LogP contribution >= 0.6 is 0 Å². The summed E-state index contributed by atoms with van der Waals surface area (Å²) >= 11 is 0. The molecule has 0 bridgehead atoms. The van der Waals surface area contributed by atoms with E-state index in [9.17, 15) is 4.79 Å². The van der Waals surface area contributed by atoms with Gasteiger partial charge in [-0.25, -0.2) is 0 Å². The van der Waals surface area contributed by atoms with E-state index in [2.05, 4.69) is 0 Å². The molecule has 0 spiro atoms. The highest BCUT2D eigenvalue weighted by Gasteiger charge is 2.51. The molecule has 0 N–H and O–H groups in total. The second-order valence-corrected chi connectivity index (χ2v) is 8.09. The van der Waals surface area contributed by atoms with E-state index >= 15 is 0 Å². The average Bonchev–Trinajstić information content (AvgIpc) is 2.60. The maximum atomic E-state index is 12.6. The predicted octanol–water partition coefficient (Wildman–Crippen LogP) is 3.70. The fourth-order valence-electron chi connectivity index (χ4n) is 2.53. The minimum Gasteiger partial charge on any atom is -0.457 e. The Balaban J connectivity index is 2.94. The van der Waals surface area contributed by atoms with E-state index in [1.807, 2.05) is 65.0 Å². The van der Waals surface area contributed by atoms with Gasteiger partial charge >= 0.3 is 14.8 Å². The SMILES string of the molecule is CCO[Si](OCC)(OCC)C(CC)OC(=O)C(C)c1ccccc1. The van der Waals surface area contributed by atoms with Crippen LogP contribution in [0.3, 0.4) is 0 Å². The molecule has 136 valence electrons. The molecule has 2 unspecified atom stereocenters. The molecule has 24 heavy (non-hydrogen) atoms. The van der Waals surface area contributed by atoms with Crippen molar-refractivity contribution in [1.82, 2.24) is 0 Å². The molecule has 0 saturated heterocycles. The van der Waals surface area contributed by atoms with Crippen molar-refractivity contribution in [2.45, 2.75) is 52.7 Å². The van der Waals surface area contributed by atoms with Gasteiger partial charge in [0.15, 0.2) is 5.73 Å². The average molecular weight is 355 g/mol. The molecular weight excluding hydrogens is 324 g/mol. The molecule has 6 heteroatoms. The molecule has 1 aromatic rings. The summed E-state index contributed by atoms with van der Waals surface area (Å²) in [5.41, 5.74) is 0.421. The second kappa shape index (κ2) is 10.6. The Morgan fingerprint density at radius 1 is 0.958 bits per heavy atom. The molecule has 0 aromatic heterocycles. The quantitative estimate of drug-likeness (QED) is 0.448. The maximum Gasteiger partial charge on any atom is 0.544 e. The van der Waals surface area contributed by atoms with Gasteiger partial charge in [0, 0.05) is 19.8 Å². The lowest BCUT2D eigenvalue weighted by atomic mass is 10.0. The zero-order valence-electron chi connectivity index (χ0n) is 15.4. The van der Waals surface area contributed by atoms with Crippen molar-refractivity contribution in [1.29, 1.82) is 0 Å². The third-order valence-corrected chi connectivity index (χ3v) is 7.10. The first-order chi connectivity index (χ1) is 11.5. The van der Waals surface area contributed by atoms with Crippen molar-refractivity contribution in [3.8, 4) is 0 Å². The molecule has 0 aliphatic carbocycles. The smallest absolute Gasteiger partial charge is 0.457 e. The van der Waals surface area contributed by atoms with E-state index in [4.69, 9.17) is 18.0 Å². The van der Waals surface area contributed by atoms with Crippen molar-refractivity contribution in [2.75, 3.05) is 19.8 Å². The molecule has 0 fully saturated rings. The standard InChI is InChI=1S/C18H30O5Si/c1-6-17(24(20-7-2,21-8-3)22-9-4)23-18(19)15(5)16-13-11-10-12-14-16/h10-15,17H,6-9H2,1-5H3. The summed E-state index contributed by atoms with van der Waals surface area (Å²) < 4.78 is 23.4. The van der Waals surface area contributed by atoms with Crippen LogP contribution in [0.15, 0.2) is 30.3 Å². The molecule has 1 aromatic carbocycles. The van der Waals surface area contributed by atoms with Crippen molar-refractivity contribution >= 4 is 14.8 Å². The van der Waals surface area contributed by atoms with Crippen LogP contribution in [0.5, 0.6) is 0 Å². The van der Waals surface area contributed by atoms with Gasteiger partial charge in [-0.15, -0.1) is 0 Å². The number of carbonyl (C=O) groups is 1. The number of hydrogen-bond acceptors (Lipinski definition) is 5.